The molecule has 1 atom stereocenters. The Morgan fingerprint density at radius 1 is 1.42 bits per heavy atom. The van der Waals surface area contributed by atoms with E-state index in [9.17, 15) is 4.79 Å². The Bertz CT molecular complexity index is 681. The number of nitrogens with zero attached hydrogens (tertiary/aromatic N) is 5. The third kappa shape index (κ3) is 4.02. The molecular weight excluding hydrogens is 308 g/mol. The number of methoxy groups -OCH3 is 1. The molecule has 0 spiro atoms. The van der Waals surface area contributed by atoms with Crippen LogP contribution in [0.1, 0.15) is 24.5 Å². The minimum absolute atomic E-state index is 0.0241. The Labute approximate surface area is 140 Å². The highest BCUT2D eigenvalue weighted by molar-refractivity contribution is 5.77. The van der Waals surface area contributed by atoms with Gasteiger partial charge in [-0.05, 0) is 18.9 Å². The zero-order chi connectivity index (χ0) is 16.8. The molecule has 0 aromatic carbocycles. The van der Waals surface area contributed by atoms with Crippen LogP contribution in [-0.4, -0.2) is 57.5 Å². The number of nitrogens with one attached hydrogen (secondary N) is 1. The average molecular weight is 328 g/mol. The molecule has 8 heteroatoms. The molecule has 1 saturated heterocycles. The van der Waals surface area contributed by atoms with Gasteiger partial charge in [0.25, 0.3) is 0 Å². The van der Waals surface area contributed by atoms with Crippen molar-refractivity contribution < 1.29 is 9.53 Å². The van der Waals surface area contributed by atoms with E-state index in [2.05, 4.69) is 25.3 Å². The van der Waals surface area contributed by atoms with Gasteiger partial charge in [0.15, 0.2) is 0 Å². The third-order valence-corrected chi connectivity index (χ3v) is 3.95. The van der Waals surface area contributed by atoms with Crippen LogP contribution in [0, 0.1) is 0 Å². The highest BCUT2D eigenvalue weighted by Gasteiger charge is 2.25. The molecule has 1 aliphatic heterocycles. The van der Waals surface area contributed by atoms with Crippen LogP contribution in [0.4, 0.5) is 11.6 Å². The molecule has 1 N–H and O–H groups in total. The summed E-state index contributed by atoms with van der Waals surface area (Å²) in [6, 6.07) is 1.90. The summed E-state index contributed by atoms with van der Waals surface area (Å²) in [5, 5.41) is 3.09. The highest BCUT2D eigenvalue weighted by Crippen LogP contribution is 2.26. The molecule has 8 nitrogen and oxygen atoms in total. The number of ether oxygens (including phenoxy) is 1. The molecule has 1 aliphatic rings. The molecule has 0 aliphatic carbocycles. The number of carbonyl (C=O) groups excluding carboxylic acids is 1. The lowest BCUT2D eigenvalue weighted by molar-refractivity contribution is -0.136. The number of piperidine rings is 1. The normalized spacial score (nSPS) is 17.5. The van der Waals surface area contributed by atoms with Gasteiger partial charge in [-0.25, -0.2) is 19.9 Å². The fourth-order valence-corrected chi connectivity index (χ4v) is 2.81. The summed E-state index contributed by atoms with van der Waals surface area (Å²) in [6.07, 6.45) is 8.48. The quantitative estimate of drug-likeness (QED) is 0.885. The number of amides is 1. The van der Waals surface area contributed by atoms with E-state index in [1.54, 1.807) is 18.6 Å². The first-order chi connectivity index (χ1) is 11.8. The molecule has 0 radical (unpaired) electrons. The number of hydrogen-bond acceptors (Lipinski definition) is 7. The molecule has 0 bridgehead atoms. The molecule has 24 heavy (non-hydrogen) atoms. The second-order valence-electron chi connectivity index (χ2n) is 5.67. The minimum atomic E-state index is 0.0241. The lowest BCUT2D eigenvalue weighted by Gasteiger charge is -2.32. The summed E-state index contributed by atoms with van der Waals surface area (Å²) in [4.78, 5) is 30.6. The summed E-state index contributed by atoms with van der Waals surface area (Å²) >= 11 is 0. The largest absolute Gasteiger partial charge is 0.375 e. The van der Waals surface area contributed by atoms with Crippen molar-refractivity contribution in [3.63, 3.8) is 0 Å². The standard InChI is InChI=1S/C16H20N6O2/c1-24-10-15(23)22-6-2-3-12(9-22)14-4-5-19-16(21-14)20-13-7-17-11-18-8-13/h4-5,7-8,11-12H,2-3,6,9-10H2,1H3,(H,19,20,21)/t12-/m0/s1. The fourth-order valence-electron chi connectivity index (χ4n) is 2.81. The van der Waals surface area contributed by atoms with Gasteiger partial charge in [-0.3, -0.25) is 4.79 Å². The minimum Gasteiger partial charge on any atom is -0.375 e. The summed E-state index contributed by atoms with van der Waals surface area (Å²) < 4.78 is 4.94. The van der Waals surface area contributed by atoms with Crippen LogP contribution >= 0.6 is 0 Å². The van der Waals surface area contributed by atoms with Gasteiger partial charge in [0.1, 0.15) is 12.9 Å². The van der Waals surface area contributed by atoms with E-state index in [1.807, 2.05) is 11.0 Å². The van der Waals surface area contributed by atoms with Crippen LogP contribution in [-0.2, 0) is 9.53 Å². The van der Waals surface area contributed by atoms with Crippen molar-refractivity contribution in [3.05, 3.63) is 36.7 Å². The predicted molar refractivity (Wildman–Crippen MR) is 87.8 cm³/mol. The Hall–Kier alpha value is -2.61. The first-order valence-corrected chi connectivity index (χ1v) is 7.88. The van der Waals surface area contributed by atoms with E-state index in [4.69, 9.17) is 4.74 Å². The zero-order valence-corrected chi connectivity index (χ0v) is 13.6. The van der Waals surface area contributed by atoms with Crippen molar-refractivity contribution in [1.29, 1.82) is 0 Å². The maximum absolute atomic E-state index is 12.0. The Balaban J connectivity index is 1.70. The third-order valence-electron chi connectivity index (χ3n) is 3.95. The van der Waals surface area contributed by atoms with Gasteiger partial charge in [-0.2, -0.15) is 0 Å². The van der Waals surface area contributed by atoms with Gasteiger partial charge in [-0.1, -0.05) is 0 Å². The maximum atomic E-state index is 12.0. The molecule has 3 heterocycles. The maximum Gasteiger partial charge on any atom is 0.248 e. The van der Waals surface area contributed by atoms with E-state index >= 15 is 0 Å². The number of likely N-dealkylation sites (tertiary alicyclic amines) is 1. The molecule has 126 valence electrons. The van der Waals surface area contributed by atoms with Gasteiger partial charge in [0.2, 0.25) is 11.9 Å². The molecule has 0 saturated carbocycles. The van der Waals surface area contributed by atoms with Gasteiger partial charge in [0, 0.05) is 32.3 Å². The van der Waals surface area contributed by atoms with Crippen molar-refractivity contribution >= 4 is 17.5 Å². The summed E-state index contributed by atoms with van der Waals surface area (Å²) in [7, 11) is 1.54. The fraction of sp³-hybridized carbons (Fsp3) is 0.438. The van der Waals surface area contributed by atoms with E-state index < -0.39 is 0 Å². The van der Waals surface area contributed by atoms with Crippen molar-refractivity contribution in [2.75, 3.05) is 32.1 Å². The van der Waals surface area contributed by atoms with E-state index in [-0.39, 0.29) is 18.4 Å². The first-order valence-electron chi connectivity index (χ1n) is 7.88. The van der Waals surface area contributed by atoms with Crippen molar-refractivity contribution in [3.8, 4) is 0 Å². The molecule has 1 amide bonds. The number of carbonyl (C=O) groups is 1. The SMILES string of the molecule is COCC(=O)N1CCC[C@H](c2ccnc(Nc3cncnc3)n2)C1. The summed E-state index contributed by atoms with van der Waals surface area (Å²) in [6.45, 7) is 1.56. The van der Waals surface area contributed by atoms with Crippen LogP contribution in [0.2, 0.25) is 0 Å². The summed E-state index contributed by atoms with van der Waals surface area (Å²) in [5.41, 5.74) is 1.66. The number of hydrogen-bond donors (Lipinski definition) is 1. The van der Waals surface area contributed by atoms with Gasteiger partial charge in [-0.15, -0.1) is 0 Å². The second-order valence-corrected chi connectivity index (χ2v) is 5.67. The molecular formula is C16H20N6O2. The van der Waals surface area contributed by atoms with Gasteiger partial charge >= 0.3 is 0 Å². The smallest absolute Gasteiger partial charge is 0.248 e. The molecule has 0 unspecified atom stereocenters. The molecule has 3 rings (SSSR count). The lowest BCUT2D eigenvalue weighted by Crippen LogP contribution is -2.41. The first kappa shape index (κ1) is 16.3. The topological polar surface area (TPSA) is 93.1 Å². The summed E-state index contributed by atoms with van der Waals surface area (Å²) in [5.74, 6) is 0.730. The monoisotopic (exact) mass is 328 g/mol. The van der Waals surface area contributed by atoms with Crippen molar-refractivity contribution in [2.24, 2.45) is 0 Å². The van der Waals surface area contributed by atoms with E-state index in [0.29, 0.717) is 12.5 Å². The van der Waals surface area contributed by atoms with Gasteiger partial charge < -0.3 is 15.0 Å². The number of aromatic nitrogens is 4. The molecule has 2 aromatic rings. The predicted octanol–water partition coefficient (Wildman–Crippen LogP) is 1.36. The van der Waals surface area contributed by atoms with Crippen molar-refractivity contribution in [1.82, 2.24) is 24.8 Å². The average Bonchev–Trinajstić information content (AvgIpc) is 2.63. The van der Waals surface area contributed by atoms with Crippen LogP contribution in [0.15, 0.2) is 31.0 Å². The van der Waals surface area contributed by atoms with E-state index in [0.717, 1.165) is 30.8 Å². The van der Waals surface area contributed by atoms with Crippen LogP contribution < -0.4 is 5.32 Å². The highest BCUT2D eigenvalue weighted by atomic mass is 16.5. The molecule has 1 fully saturated rings. The van der Waals surface area contributed by atoms with Crippen LogP contribution in [0.3, 0.4) is 0 Å². The zero-order valence-electron chi connectivity index (χ0n) is 13.6. The van der Waals surface area contributed by atoms with Crippen LogP contribution in [0.25, 0.3) is 0 Å². The van der Waals surface area contributed by atoms with E-state index in [1.165, 1.54) is 13.4 Å². The number of rotatable bonds is 5. The number of anilines is 2. The Morgan fingerprint density at radius 3 is 3.04 bits per heavy atom. The Morgan fingerprint density at radius 2 is 2.25 bits per heavy atom. The van der Waals surface area contributed by atoms with Crippen molar-refractivity contribution in [2.45, 2.75) is 18.8 Å². The molecule has 2 aromatic heterocycles. The Kier molecular flexibility index (Phi) is 5.27. The van der Waals surface area contributed by atoms with Crippen LogP contribution in [0.5, 0.6) is 0 Å². The second kappa shape index (κ2) is 7.78. The van der Waals surface area contributed by atoms with Gasteiger partial charge in [0.05, 0.1) is 23.8 Å². The lowest BCUT2D eigenvalue weighted by atomic mass is 9.94.